The minimum absolute atomic E-state index is 0.634. The summed E-state index contributed by atoms with van der Waals surface area (Å²) in [5.74, 6) is 1.28. The Morgan fingerprint density at radius 3 is 2.17 bits per heavy atom. The van der Waals surface area contributed by atoms with Gasteiger partial charge in [0.15, 0.2) is 11.0 Å². The van der Waals surface area contributed by atoms with Crippen LogP contribution in [0.15, 0.2) is 12.1 Å². The average molecular weight is 356 g/mol. The molecule has 0 aliphatic rings. The number of hydrogen-bond acceptors (Lipinski definition) is 0. The molecule has 2 rings (SSSR count). The summed E-state index contributed by atoms with van der Waals surface area (Å²) in [5, 5.41) is 1.27. The minimum atomic E-state index is 0.634. The zero-order valence-electron chi connectivity index (χ0n) is 14.7. The third-order valence-corrected chi connectivity index (χ3v) is 5.40. The Bertz CT molecular complexity index is 647. The summed E-state index contributed by atoms with van der Waals surface area (Å²) in [4.78, 5) is 0. The molecule has 0 saturated heterocycles. The molecule has 0 atom stereocenters. The summed E-state index contributed by atoms with van der Waals surface area (Å²) in [5.41, 5.74) is 2.38. The number of nitrogens with zero attached hydrogens (tertiary/aromatic N) is 2. The van der Waals surface area contributed by atoms with Gasteiger partial charge in [-0.05, 0) is 19.8 Å². The number of imidazole rings is 1. The molecule has 0 aliphatic heterocycles. The zero-order chi connectivity index (χ0) is 16.8. The summed E-state index contributed by atoms with van der Waals surface area (Å²) >= 11 is 12.5. The number of benzene rings is 1. The molecule has 128 valence electrons. The SMILES string of the molecule is CCCCCCCCC[n+]1c(C)n(CC)c2cc(Cl)c(Cl)cc21. The molecule has 0 amide bonds. The Labute approximate surface area is 150 Å². The average Bonchev–Trinajstić information content (AvgIpc) is 2.78. The third-order valence-electron chi connectivity index (χ3n) is 4.68. The van der Waals surface area contributed by atoms with Gasteiger partial charge >= 0.3 is 0 Å². The number of fused-ring (bicyclic) bond motifs is 1. The molecule has 0 unspecified atom stereocenters. The van der Waals surface area contributed by atoms with Gasteiger partial charge < -0.3 is 0 Å². The Hall–Kier alpha value is -0.730. The van der Waals surface area contributed by atoms with Gasteiger partial charge in [0, 0.05) is 19.1 Å². The maximum absolute atomic E-state index is 6.24. The molecule has 4 heteroatoms. The van der Waals surface area contributed by atoms with E-state index in [1.807, 2.05) is 12.1 Å². The largest absolute Gasteiger partial charge is 0.254 e. The molecule has 1 aromatic heterocycles. The first-order chi connectivity index (χ1) is 11.1. The molecule has 2 nitrogen and oxygen atoms in total. The fourth-order valence-corrected chi connectivity index (χ4v) is 3.68. The fourth-order valence-electron chi connectivity index (χ4n) is 3.36. The van der Waals surface area contributed by atoms with Crippen LogP contribution in [0.5, 0.6) is 0 Å². The first-order valence-electron chi connectivity index (χ1n) is 8.97. The summed E-state index contributed by atoms with van der Waals surface area (Å²) in [7, 11) is 0. The molecule has 0 fully saturated rings. The summed E-state index contributed by atoms with van der Waals surface area (Å²) in [6.07, 6.45) is 9.31. The van der Waals surface area contributed by atoms with Gasteiger partial charge in [0.25, 0.3) is 5.82 Å². The second-order valence-electron chi connectivity index (χ2n) is 6.32. The van der Waals surface area contributed by atoms with Crippen molar-refractivity contribution in [2.75, 3.05) is 0 Å². The van der Waals surface area contributed by atoms with Gasteiger partial charge in [-0.15, -0.1) is 0 Å². The van der Waals surface area contributed by atoms with Crippen molar-refractivity contribution in [3.05, 3.63) is 28.0 Å². The van der Waals surface area contributed by atoms with Gasteiger partial charge in [0.1, 0.15) is 0 Å². The molecule has 0 N–H and O–H groups in total. The summed E-state index contributed by atoms with van der Waals surface area (Å²) < 4.78 is 4.71. The second kappa shape index (κ2) is 8.94. The predicted molar refractivity (Wildman–Crippen MR) is 101 cm³/mol. The van der Waals surface area contributed by atoms with Crippen LogP contribution in [0.3, 0.4) is 0 Å². The molecular weight excluding hydrogens is 327 g/mol. The highest BCUT2D eigenvalue weighted by molar-refractivity contribution is 6.42. The summed E-state index contributed by atoms with van der Waals surface area (Å²) in [6.45, 7) is 8.63. The topological polar surface area (TPSA) is 8.81 Å². The third kappa shape index (κ3) is 4.42. The van der Waals surface area contributed by atoms with Crippen LogP contribution in [0.25, 0.3) is 11.0 Å². The maximum Gasteiger partial charge on any atom is 0.254 e. The molecule has 0 aliphatic carbocycles. The van der Waals surface area contributed by atoms with Gasteiger partial charge in [-0.3, -0.25) is 0 Å². The number of hydrogen-bond donors (Lipinski definition) is 0. The lowest BCUT2D eigenvalue weighted by molar-refractivity contribution is -0.678. The minimum Gasteiger partial charge on any atom is -0.228 e. The number of unbranched alkanes of at least 4 members (excludes halogenated alkanes) is 6. The van der Waals surface area contributed by atoms with E-state index in [1.54, 1.807) is 0 Å². The Balaban J connectivity index is 2.08. The van der Waals surface area contributed by atoms with Crippen molar-refractivity contribution in [1.29, 1.82) is 0 Å². The molecule has 0 bridgehead atoms. The van der Waals surface area contributed by atoms with Gasteiger partial charge in [0.05, 0.1) is 23.1 Å². The van der Waals surface area contributed by atoms with Crippen molar-refractivity contribution >= 4 is 34.2 Å². The fraction of sp³-hybridized carbons (Fsp3) is 0.632. The number of rotatable bonds is 9. The molecule has 0 radical (unpaired) electrons. The van der Waals surface area contributed by atoms with Crippen LogP contribution in [0.1, 0.15) is 64.6 Å². The van der Waals surface area contributed by atoms with E-state index in [2.05, 4.69) is 29.9 Å². The van der Waals surface area contributed by atoms with Crippen LogP contribution in [-0.4, -0.2) is 4.57 Å². The molecule has 0 spiro atoms. The van der Waals surface area contributed by atoms with E-state index in [0.717, 1.165) is 13.1 Å². The van der Waals surface area contributed by atoms with Crippen LogP contribution in [0.4, 0.5) is 0 Å². The second-order valence-corrected chi connectivity index (χ2v) is 7.13. The molecule has 0 saturated carbocycles. The lowest BCUT2D eigenvalue weighted by Gasteiger charge is -2.02. The monoisotopic (exact) mass is 355 g/mol. The molecular formula is C19H29Cl2N2+. The zero-order valence-corrected chi connectivity index (χ0v) is 16.2. The predicted octanol–water partition coefficient (Wildman–Crippen LogP) is 6.31. The van der Waals surface area contributed by atoms with E-state index in [-0.39, 0.29) is 0 Å². The van der Waals surface area contributed by atoms with E-state index < -0.39 is 0 Å². The maximum atomic E-state index is 6.24. The van der Waals surface area contributed by atoms with Crippen molar-refractivity contribution < 1.29 is 4.57 Å². The quantitative estimate of drug-likeness (QED) is 0.367. The van der Waals surface area contributed by atoms with E-state index in [4.69, 9.17) is 23.2 Å². The van der Waals surface area contributed by atoms with Crippen LogP contribution in [0, 0.1) is 6.92 Å². The first kappa shape index (κ1) is 18.6. The van der Waals surface area contributed by atoms with Gasteiger partial charge in [-0.2, -0.15) is 0 Å². The van der Waals surface area contributed by atoms with Crippen LogP contribution in [-0.2, 0) is 13.1 Å². The molecule has 1 aromatic carbocycles. The van der Waals surface area contributed by atoms with Crippen LogP contribution in [0.2, 0.25) is 10.0 Å². The highest BCUT2D eigenvalue weighted by Gasteiger charge is 2.21. The number of halogens is 2. The highest BCUT2D eigenvalue weighted by Crippen LogP contribution is 2.27. The van der Waals surface area contributed by atoms with Crippen molar-refractivity contribution in [2.24, 2.45) is 0 Å². The Kier molecular flexibility index (Phi) is 7.23. The van der Waals surface area contributed by atoms with Gasteiger partial charge in [-0.1, -0.05) is 62.2 Å². The Morgan fingerprint density at radius 2 is 1.52 bits per heavy atom. The van der Waals surface area contributed by atoms with Crippen molar-refractivity contribution in [3.63, 3.8) is 0 Å². The number of aryl methyl sites for hydroxylation is 2. The standard InChI is InChI=1S/C19H29Cl2N2/c1-4-6-7-8-9-10-11-12-23-15(3)22(5-2)18-13-16(20)17(21)14-19(18)23/h13-14H,4-12H2,1-3H3/q+1. The van der Waals surface area contributed by atoms with Crippen molar-refractivity contribution in [2.45, 2.75) is 78.8 Å². The van der Waals surface area contributed by atoms with E-state index >= 15 is 0 Å². The van der Waals surface area contributed by atoms with E-state index in [0.29, 0.717) is 10.0 Å². The molecule has 1 heterocycles. The van der Waals surface area contributed by atoms with Gasteiger partial charge in [0.2, 0.25) is 0 Å². The Morgan fingerprint density at radius 1 is 0.913 bits per heavy atom. The highest BCUT2D eigenvalue weighted by atomic mass is 35.5. The lowest BCUT2D eigenvalue weighted by atomic mass is 10.1. The van der Waals surface area contributed by atoms with Crippen LogP contribution >= 0.6 is 23.2 Å². The number of aromatic nitrogens is 2. The smallest absolute Gasteiger partial charge is 0.228 e. The molecule has 2 aromatic rings. The molecule has 23 heavy (non-hydrogen) atoms. The van der Waals surface area contributed by atoms with Crippen molar-refractivity contribution in [1.82, 2.24) is 4.57 Å². The summed E-state index contributed by atoms with van der Waals surface area (Å²) in [6, 6.07) is 4.01. The first-order valence-corrected chi connectivity index (χ1v) is 9.73. The van der Waals surface area contributed by atoms with E-state index in [1.165, 1.54) is 61.8 Å². The van der Waals surface area contributed by atoms with E-state index in [9.17, 15) is 0 Å². The van der Waals surface area contributed by atoms with Crippen molar-refractivity contribution in [3.8, 4) is 0 Å². The van der Waals surface area contributed by atoms with Gasteiger partial charge in [-0.25, -0.2) is 9.13 Å². The normalized spacial score (nSPS) is 11.5. The lowest BCUT2D eigenvalue weighted by Crippen LogP contribution is -2.36. The van der Waals surface area contributed by atoms with Crippen LogP contribution < -0.4 is 4.57 Å².